The molecule has 134 valence electrons. The molecule has 0 spiro atoms. The summed E-state index contributed by atoms with van der Waals surface area (Å²) in [7, 11) is 2.55. The number of aromatic amines is 1. The number of aryl methyl sites for hydroxylation is 1. The first kappa shape index (κ1) is 17.1. The minimum atomic E-state index is -0.814. The van der Waals surface area contributed by atoms with Gasteiger partial charge in [-0.3, -0.25) is 23.8 Å². The van der Waals surface area contributed by atoms with Crippen LogP contribution in [0, 0.1) is 6.92 Å². The van der Waals surface area contributed by atoms with Crippen LogP contribution in [0.4, 0.5) is 11.4 Å². The molecule has 0 unspecified atom stereocenters. The van der Waals surface area contributed by atoms with E-state index in [9.17, 15) is 19.5 Å². The van der Waals surface area contributed by atoms with E-state index >= 15 is 0 Å². The van der Waals surface area contributed by atoms with Crippen LogP contribution in [0.5, 0.6) is 5.88 Å². The van der Waals surface area contributed by atoms with E-state index < -0.39 is 28.4 Å². The van der Waals surface area contributed by atoms with E-state index in [0.717, 1.165) is 9.13 Å². The molecule has 0 aliphatic carbocycles. The minimum Gasteiger partial charge on any atom is -0.493 e. The SMILES string of the molecule is Cc1[nH]n(-c2ccccc2)c(=O)c1N=Nc1c(O)n(C)c(=O)n(C)c1=O. The van der Waals surface area contributed by atoms with Crippen LogP contribution in [0.1, 0.15) is 5.69 Å². The van der Waals surface area contributed by atoms with Crippen LogP contribution in [-0.4, -0.2) is 24.0 Å². The van der Waals surface area contributed by atoms with Crippen LogP contribution >= 0.6 is 0 Å². The predicted octanol–water partition coefficient (Wildman–Crippen LogP) is 0.992. The fraction of sp³-hybridized carbons (Fsp3) is 0.188. The molecule has 3 aromatic rings. The van der Waals surface area contributed by atoms with Crippen LogP contribution in [0.15, 0.2) is 54.9 Å². The van der Waals surface area contributed by atoms with E-state index in [0.29, 0.717) is 11.4 Å². The Labute approximate surface area is 146 Å². The summed E-state index contributed by atoms with van der Waals surface area (Å²) in [4.78, 5) is 36.4. The van der Waals surface area contributed by atoms with E-state index in [2.05, 4.69) is 15.3 Å². The van der Waals surface area contributed by atoms with Gasteiger partial charge in [-0.05, 0) is 19.1 Å². The molecule has 0 saturated carbocycles. The number of benzene rings is 1. The fourth-order valence-electron chi connectivity index (χ4n) is 2.42. The van der Waals surface area contributed by atoms with E-state index in [1.807, 2.05) is 6.07 Å². The summed E-state index contributed by atoms with van der Waals surface area (Å²) in [5, 5.41) is 20.4. The van der Waals surface area contributed by atoms with Gasteiger partial charge in [-0.1, -0.05) is 18.2 Å². The molecule has 0 radical (unpaired) electrons. The van der Waals surface area contributed by atoms with E-state index in [-0.39, 0.29) is 5.69 Å². The van der Waals surface area contributed by atoms with Gasteiger partial charge in [0.1, 0.15) is 0 Å². The highest BCUT2D eigenvalue weighted by atomic mass is 16.3. The molecule has 1 aromatic carbocycles. The van der Waals surface area contributed by atoms with Gasteiger partial charge in [0.25, 0.3) is 11.1 Å². The number of azo groups is 1. The van der Waals surface area contributed by atoms with Gasteiger partial charge in [-0.25, -0.2) is 9.48 Å². The number of aromatic nitrogens is 4. The molecule has 0 amide bonds. The van der Waals surface area contributed by atoms with Crippen molar-refractivity contribution in [1.82, 2.24) is 18.9 Å². The Morgan fingerprint density at radius 1 is 0.923 bits per heavy atom. The van der Waals surface area contributed by atoms with E-state index in [1.54, 1.807) is 31.2 Å². The number of nitrogens with one attached hydrogen (secondary N) is 1. The van der Waals surface area contributed by atoms with Crippen LogP contribution in [0.3, 0.4) is 0 Å². The lowest BCUT2D eigenvalue weighted by atomic mass is 10.3. The predicted molar refractivity (Wildman–Crippen MR) is 93.9 cm³/mol. The van der Waals surface area contributed by atoms with Crippen LogP contribution in [0.25, 0.3) is 5.69 Å². The summed E-state index contributed by atoms with van der Waals surface area (Å²) >= 11 is 0. The van der Waals surface area contributed by atoms with Crippen molar-refractivity contribution in [3.8, 4) is 11.6 Å². The standard InChI is InChI=1S/C16H16N6O4/c1-9-11(15(25)22(19-9)10-7-5-4-6-8-10)17-18-12-13(23)20(2)16(26)21(3)14(12)24/h4-8,19,23H,1-3H3. The maximum atomic E-state index is 12.5. The molecule has 0 saturated heterocycles. The van der Waals surface area contributed by atoms with Crippen molar-refractivity contribution in [2.75, 3.05) is 0 Å². The maximum Gasteiger partial charge on any atom is 0.333 e. The summed E-state index contributed by atoms with van der Waals surface area (Å²) in [6.45, 7) is 1.63. The lowest BCUT2D eigenvalue weighted by Gasteiger charge is -2.05. The molecular formula is C16H16N6O4. The largest absolute Gasteiger partial charge is 0.493 e. The van der Waals surface area contributed by atoms with Crippen molar-refractivity contribution < 1.29 is 5.11 Å². The van der Waals surface area contributed by atoms with Gasteiger partial charge in [-0.2, -0.15) is 0 Å². The van der Waals surface area contributed by atoms with Gasteiger partial charge in [0.05, 0.1) is 11.4 Å². The average molecular weight is 356 g/mol. The molecule has 2 N–H and O–H groups in total. The molecular weight excluding hydrogens is 340 g/mol. The van der Waals surface area contributed by atoms with E-state index in [4.69, 9.17) is 0 Å². The number of para-hydroxylation sites is 1. The summed E-state index contributed by atoms with van der Waals surface area (Å²) in [6, 6.07) is 8.87. The first-order chi connectivity index (χ1) is 12.3. The zero-order chi connectivity index (χ0) is 19.0. The smallest absolute Gasteiger partial charge is 0.333 e. The number of aromatic hydroxyl groups is 1. The topological polar surface area (TPSA) is 127 Å². The molecule has 0 bridgehead atoms. The van der Waals surface area contributed by atoms with Gasteiger partial charge in [-0.15, -0.1) is 10.2 Å². The summed E-state index contributed by atoms with van der Waals surface area (Å²) in [5.74, 6) is -0.626. The summed E-state index contributed by atoms with van der Waals surface area (Å²) < 4.78 is 2.95. The van der Waals surface area contributed by atoms with Crippen LogP contribution in [0.2, 0.25) is 0 Å². The van der Waals surface area contributed by atoms with Gasteiger partial charge in [0.15, 0.2) is 5.69 Å². The Bertz CT molecular complexity index is 1180. The third-order valence-electron chi connectivity index (χ3n) is 3.92. The summed E-state index contributed by atoms with van der Waals surface area (Å²) in [6.07, 6.45) is 0. The highest BCUT2D eigenvalue weighted by Crippen LogP contribution is 2.22. The lowest BCUT2D eigenvalue weighted by Crippen LogP contribution is -2.36. The Morgan fingerprint density at radius 2 is 1.54 bits per heavy atom. The van der Waals surface area contributed by atoms with Gasteiger partial charge >= 0.3 is 5.69 Å². The quantitative estimate of drug-likeness (QED) is 0.678. The zero-order valence-corrected chi connectivity index (χ0v) is 14.3. The van der Waals surface area contributed by atoms with Crippen molar-refractivity contribution in [3.05, 3.63) is 67.2 Å². The Balaban J connectivity index is 2.12. The molecule has 10 nitrogen and oxygen atoms in total. The minimum absolute atomic E-state index is 0.0100. The summed E-state index contributed by atoms with van der Waals surface area (Å²) in [5.41, 5.74) is -1.36. The molecule has 2 aromatic heterocycles. The Hall–Kier alpha value is -3.69. The number of hydrogen-bond acceptors (Lipinski definition) is 6. The number of hydrogen-bond donors (Lipinski definition) is 2. The van der Waals surface area contributed by atoms with Crippen molar-refractivity contribution in [2.24, 2.45) is 24.3 Å². The first-order valence-corrected chi connectivity index (χ1v) is 7.60. The van der Waals surface area contributed by atoms with Crippen LogP contribution in [-0.2, 0) is 14.1 Å². The third kappa shape index (κ3) is 2.66. The molecule has 26 heavy (non-hydrogen) atoms. The van der Waals surface area contributed by atoms with Gasteiger partial charge in [0, 0.05) is 14.1 Å². The molecule has 0 fully saturated rings. The molecule has 10 heteroatoms. The first-order valence-electron chi connectivity index (χ1n) is 7.60. The highest BCUT2D eigenvalue weighted by molar-refractivity contribution is 5.47. The maximum absolute atomic E-state index is 12.5. The van der Waals surface area contributed by atoms with Crippen molar-refractivity contribution in [3.63, 3.8) is 0 Å². The van der Waals surface area contributed by atoms with Gasteiger partial charge in [0.2, 0.25) is 11.6 Å². The van der Waals surface area contributed by atoms with Crippen molar-refractivity contribution in [1.29, 1.82) is 0 Å². The lowest BCUT2D eigenvalue weighted by molar-refractivity contribution is 0.413. The second-order valence-corrected chi connectivity index (χ2v) is 5.64. The monoisotopic (exact) mass is 356 g/mol. The average Bonchev–Trinajstić information content (AvgIpc) is 2.93. The molecule has 0 atom stereocenters. The number of nitrogens with zero attached hydrogens (tertiary/aromatic N) is 5. The number of rotatable bonds is 3. The highest BCUT2D eigenvalue weighted by Gasteiger charge is 2.16. The van der Waals surface area contributed by atoms with Crippen molar-refractivity contribution >= 4 is 11.4 Å². The van der Waals surface area contributed by atoms with Crippen LogP contribution < -0.4 is 16.8 Å². The second kappa shape index (κ2) is 6.31. The van der Waals surface area contributed by atoms with Gasteiger partial charge < -0.3 is 5.11 Å². The molecule has 2 heterocycles. The van der Waals surface area contributed by atoms with Crippen molar-refractivity contribution in [2.45, 2.75) is 6.92 Å². The molecule has 0 aliphatic heterocycles. The normalized spacial score (nSPS) is 11.3. The third-order valence-corrected chi connectivity index (χ3v) is 3.92. The molecule has 0 aliphatic rings. The Kier molecular flexibility index (Phi) is 4.16. The second-order valence-electron chi connectivity index (χ2n) is 5.64. The zero-order valence-electron chi connectivity index (χ0n) is 14.3. The van der Waals surface area contributed by atoms with E-state index in [1.165, 1.54) is 18.8 Å². The number of H-pyrrole nitrogens is 1. The fourth-order valence-corrected chi connectivity index (χ4v) is 2.42. The molecule has 3 rings (SSSR count). The Morgan fingerprint density at radius 3 is 2.19 bits per heavy atom.